The van der Waals surface area contributed by atoms with Crippen LogP contribution in [-0.2, 0) is 4.79 Å². The van der Waals surface area contributed by atoms with Gasteiger partial charge in [-0.2, -0.15) is 0 Å². The molecule has 2 rings (SSSR count). The van der Waals surface area contributed by atoms with E-state index in [-0.39, 0.29) is 11.3 Å². The van der Waals surface area contributed by atoms with E-state index < -0.39 is 0 Å². The van der Waals surface area contributed by atoms with E-state index in [0.717, 1.165) is 23.1 Å². The van der Waals surface area contributed by atoms with Crippen molar-refractivity contribution >= 4 is 45.8 Å². The molecule has 1 fully saturated rings. The number of rotatable bonds is 2. The molecule has 0 aliphatic carbocycles. The summed E-state index contributed by atoms with van der Waals surface area (Å²) >= 11 is 8.26. The number of amides is 1. The molecule has 5 heteroatoms. The molecule has 1 amide bonds. The first-order valence-corrected chi connectivity index (χ1v) is 6.94. The Balaban J connectivity index is 2.15. The van der Waals surface area contributed by atoms with Crippen LogP contribution in [0.15, 0.2) is 18.2 Å². The zero-order valence-electron chi connectivity index (χ0n) is 9.52. The Morgan fingerprint density at radius 1 is 1.59 bits per heavy atom. The molecule has 1 aliphatic rings. The lowest BCUT2D eigenvalue weighted by atomic mass is 9.89. The van der Waals surface area contributed by atoms with Crippen LogP contribution in [0.3, 0.4) is 0 Å². The molecule has 0 radical (unpaired) electrons. The fourth-order valence-corrected chi connectivity index (χ4v) is 2.53. The van der Waals surface area contributed by atoms with Crippen LogP contribution in [0.1, 0.15) is 13.3 Å². The van der Waals surface area contributed by atoms with Crippen molar-refractivity contribution in [3.63, 3.8) is 0 Å². The molecule has 1 aromatic rings. The molecule has 1 atom stereocenters. The molecule has 1 saturated heterocycles. The van der Waals surface area contributed by atoms with Gasteiger partial charge in [0.05, 0.1) is 16.1 Å². The summed E-state index contributed by atoms with van der Waals surface area (Å²) in [6.07, 6.45) is 0.861. The fraction of sp³-hybridized carbons (Fsp3) is 0.417. The van der Waals surface area contributed by atoms with Crippen molar-refractivity contribution in [2.75, 3.05) is 18.4 Å². The molecule has 0 bridgehead atoms. The molecule has 0 spiro atoms. The van der Waals surface area contributed by atoms with Gasteiger partial charge in [0, 0.05) is 10.1 Å². The second kappa shape index (κ2) is 5.12. The minimum atomic E-state index is -0.329. The van der Waals surface area contributed by atoms with Crippen molar-refractivity contribution < 1.29 is 4.79 Å². The molecule has 92 valence electrons. The van der Waals surface area contributed by atoms with E-state index in [2.05, 4.69) is 33.2 Å². The summed E-state index contributed by atoms with van der Waals surface area (Å²) < 4.78 is 1.05. The number of carbonyl (C=O) groups excluding carboxylic acids is 1. The van der Waals surface area contributed by atoms with E-state index in [1.54, 1.807) is 6.07 Å². The number of anilines is 1. The van der Waals surface area contributed by atoms with Crippen LogP contribution in [0, 0.1) is 8.99 Å². The lowest BCUT2D eigenvalue weighted by Gasteiger charge is -2.21. The van der Waals surface area contributed by atoms with Gasteiger partial charge in [0.1, 0.15) is 0 Å². The zero-order valence-corrected chi connectivity index (χ0v) is 12.4. The Morgan fingerprint density at radius 2 is 2.35 bits per heavy atom. The lowest BCUT2D eigenvalue weighted by Crippen LogP contribution is -2.35. The number of nitrogens with one attached hydrogen (secondary N) is 2. The van der Waals surface area contributed by atoms with Crippen LogP contribution in [0.25, 0.3) is 0 Å². The maximum Gasteiger partial charge on any atom is 0.231 e. The van der Waals surface area contributed by atoms with Crippen LogP contribution in [0.4, 0.5) is 5.69 Å². The lowest BCUT2D eigenvalue weighted by molar-refractivity contribution is -0.123. The molecule has 1 aromatic carbocycles. The Kier molecular flexibility index (Phi) is 3.95. The molecule has 3 nitrogen and oxygen atoms in total. The van der Waals surface area contributed by atoms with Crippen LogP contribution in [0.5, 0.6) is 0 Å². The monoisotopic (exact) mass is 364 g/mol. The highest BCUT2D eigenvalue weighted by molar-refractivity contribution is 14.1. The number of hydrogen-bond donors (Lipinski definition) is 2. The van der Waals surface area contributed by atoms with E-state index in [4.69, 9.17) is 11.6 Å². The first-order chi connectivity index (χ1) is 8.01. The fourth-order valence-electron chi connectivity index (χ4n) is 1.88. The quantitative estimate of drug-likeness (QED) is 0.792. The predicted molar refractivity (Wildman–Crippen MR) is 78.4 cm³/mol. The highest BCUT2D eigenvalue weighted by Gasteiger charge is 2.36. The smallest absolute Gasteiger partial charge is 0.231 e. The van der Waals surface area contributed by atoms with E-state index in [9.17, 15) is 4.79 Å². The summed E-state index contributed by atoms with van der Waals surface area (Å²) in [6, 6.07) is 5.60. The van der Waals surface area contributed by atoms with E-state index in [0.29, 0.717) is 10.7 Å². The normalized spacial score (nSPS) is 23.7. The zero-order chi connectivity index (χ0) is 12.5. The van der Waals surface area contributed by atoms with Crippen molar-refractivity contribution in [1.29, 1.82) is 0 Å². The maximum atomic E-state index is 12.2. The highest BCUT2D eigenvalue weighted by Crippen LogP contribution is 2.29. The molecular formula is C12H14ClIN2O. The molecule has 2 N–H and O–H groups in total. The van der Waals surface area contributed by atoms with Gasteiger partial charge >= 0.3 is 0 Å². The van der Waals surface area contributed by atoms with Gasteiger partial charge in [-0.1, -0.05) is 11.6 Å². The summed E-state index contributed by atoms with van der Waals surface area (Å²) in [7, 11) is 0. The average Bonchev–Trinajstić information content (AvgIpc) is 2.72. The SMILES string of the molecule is CC1(C(=O)Nc2cc(I)ccc2Cl)CCNC1. The van der Waals surface area contributed by atoms with Gasteiger partial charge in [-0.15, -0.1) is 0 Å². The van der Waals surface area contributed by atoms with Gasteiger partial charge in [-0.25, -0.2) is 0 Å². The third-order valence-corrected chi connectivity index (χ3v) is 4.09. The molecule has 0 saturated carbocycles. The Hall–Kier alpha value is -0.330. The minimum absolute atomic E-state index is 0.0337. The summed E-state index contributed by atoms with van der Waals surface area (Å²) in [6.45, 7) is 3.59. The third kappa shape index (κ3) is 2.92. The first-order valence-electron chi connectivity index (χ1n) is 5.48. The Morgan fingerprint density at radius 3 is 3.00 bits per heavy atom. The molecule has 17 heavy (non-hydrogen) atoms. The van der Waals surface area contributed by atoms with Crippen molar-refractivity contribution in [2.45, 2.75) is 13.3 Å². The third-order valence-electron chi connectivity index (χ3n) is 3.09. The van der Waals surface area contributed by atoms with Gasteiger partial charge in [-0.05, 0) is 60.7 Å². The molecule has 1 unspecified atom stereocenters. The van der Waals surface area contributed by atoms with Gasteiger partial charge in [-0.3, -0.25) is 4.79 Å². The van der Waals surface area contributed by atoms with Crippen LogP contribution >= 0.6 is 34.2 Å². The summed E-state index contributed by atoms with van der Waals surface area (Å²) in [5.74, 6) is 0.0337. The minimum Gasteiger partial charge on any atom is -0.324 e. The first kappa shape index (κ1) is 13.1. The number of halogens is 2. The summed E-state index contributed by atoms with van der Waals surface area (Å²) in [4.78, 5) is 12.2. The van der Waals surface area contributed by atoms with Crippen molar-refractivity contribution in [1.82, 2.24) is 5.32 Å². The Bertz CT molecular complexity index is 444. The van der Waals surface area contributed by atoms with Crippen LogP contribution in [-0.4, -0.2) is 19.0 Å². The number of carbonyl (C=O) groups is 1. The van der Waals surface area contributed by atoms with Crippen molar-refractivity contribution in [3.8, 4) is 0 Å². The largest absolute Gasteiger partial charge is 0.324 e. The number of benzene rings is 1. The second-order valence-corrected chi connectivity index (χ2v) is 6.22. The van der Waals surface area contributed by atoms with Crippen LogP contribution < -0.4 is 10.6 Å². The molecular weight excluding hydrogens is 351 g/mol. The summed E-state index contributed by atoms with van der Waals surface area (Å²) in [5, 5.41) is 6.71. The standard InChI is InChI=1S/C12H14ClIN2O/c1-12(4-5-15-7-12)11(17)16-10-6-8(14)2-3-9(10)13/h2-3,6,15H,4-5,7H2,1H3,(H,16,17). The maximum absolute atomic E-state index is 12.2. The summed E-state index contributed by atoms with van der Waals surface area (Å²) in [5.41, 5.74) is 0.363. The Labute approximate surface area is 119 Å². The van der Waals surface area contributed by atoms with Crippen LogP contribution in [0.2, 0.25) is 5.02 Å². The van der Waals surface area contributed by atoms with Gasteiger partial charge < -0.3 is 10.6 Å². The van der Waals surface area contributed by atoms with Gasteiger partial charge in [0.2, 0.25) is 5.91 Å². The van der Waals surface area contributed by atoms with E-state index in [1.807, 2.05) is 19.1 Å². The van der Waals surface area contributed by atoms with Gasteiger partial charge in [0.25, 0.3) is 0 Å². The number of hydrogen-bond acceptors (Lipinski definition) is 2. The molecule has 0 aromatic heterocycles. The average molecular weight is 365 g/mol. The topological polar surface area (TPSA) is 41.1 Å². The van der Waals surface area contributed by atoms with Gasteiger partial charge in [0.15, 0.2) is 0 Å². The van der Waals surface area contributed by atoms with E-state index >= 15 is 0 Å². The second-order valence-electron chi connectivity index (χ2n) is 4.57. The van der Waals surface area contributed by atoms with Crippen molar-refractivity contribution in [2.24, 2.45) is 5.41 Å². The molecule has 1 aliphatic heterocycles. The molecule has 1 heterocycles. The van der Waals surface area contributed by atoms with Crippen molar-refractivity contribution in [3.05, 3.63) is 26.8 Å². The predicted octanol–water partition coefficient (Wildman–Crippen LogP) is 2.88. The highest BCUT2D eigenvalue weighted by atomic mass is 127. The van der Waals surface area contributed by atoms with E-state index in [1.165, 1.54) is 0 Å².